The molecule has 2 heterocycles. The largest absolute Gasteiger partial charge is 0.493 e. The molecule has 0 spiro atoms. The summed E-state index contributed by atoms with van der Waals surface area (Å²) in [5.74, 6) is 1.61. The van der Waals surface area contributed by atoms with Gasteiger partial charge in [0.25, 0.3) is 0 Å². The van der Waals surface area contributed by atoms with Gasteiger partial charge in [0, 0.05) is 6.92 Å². The molecule has 3 aliphatic rings. The summed E-state index contributed by atoms with van der Waals surface area (Å²) in [5.41, 5.74) is 0.940. The van der Waals surface area contributed by atoms with Gasteiger partial charge < -0.3 is 25.2 Å². The summed E-state index contributed by atoms with van der Waals surface area (Å²) in [6.45, 7) is 3.41. The monoisotopic (exact) mass is 404 g/mol. The Hall–Kier alpha value is -2.28. The zero-order valence-electron chi connectivity index (χ0n) is 17.4. The highest BCUT2D eigenvalue weighted by Gasteiger charge is 2.34. The van der Waals surface area contributed by atoms with Crippen LogP contribution in [0.5, 0.6) is 11.5 Å². The van der Waals surface area contributed by atoms with Gasteiger partial charge in [-0.1, -0.05) is 13.0 Å². The minimum atomic E-state index is -0.596. The second-order valence-corrected chi connectivity index (χ2v) is 8.36. The van der Waals surface area contributed by atoms with Crippen LogP contribution >= 0.6 is 0 Å². The van der Waals surface area contributed by atoms with Gasteiger partial charge in [-0.2, -0.15) is 0 Å². The maximum atomic E-state index is 12.9. The predicted octanol–water partition coefficient (Wildman–Crippen LogP) is 1.81. The Morgan fingerprint density at radius 3 is 2.79 bits per heavy atom. The fraction of sp³-hybridized carbons (Fsp3) is 0.636. The van der Waals surface area contributed by atoms with Crippen LogP contribution in [0.3, 0.4) is 0 Å². The van der Waals surface area contributed by atoms with Gasteiger partial charge in [0.15, 0.2) is 11.5 Å². The van der Waals surface area contributed by atoms with E-state index in [1.807, 2.05) is 18.2 Å². The summed E-state index contributed by atoms with van der Waals surface area (Å²) in [7, 11) is 1.62. The summed E-state index contributed by atoms with van der Waals surface area (Å²) in [6, 6.07) is 4.67. The number of carbonyl (C=O) groups is 2. The SMILES string of the molecule is COc1ccc2cc1OC1CCC(CC(NC(C)=O)C(=O)NC(CO)C2)C(C)C1. The molecule has 4 rings (SSSR count). The van der Waals surface area contributed by atoms with Gasteiger partial charge in [-0.3, -0.25) is 9.59 Å². The molecule has 5 atom stereocenters. The maximum absolute atomic E-state index is 12.9. The third-order valence-electron chi connectivity index (χ3n) is 6.10. The highest BCUT2D eigenvalue weighted by molar-refractivity contribution is 5.87. The van der Waals surface area contributed by atoms with Gasteiger partial charge in [-0.15, -0.1) is 0 Å². The molecule has 0 saturated heterocycles. The van der Waals surface area contributed by atoms with E-state index in [2.05, 4.69) is 17.6 Å². The van der Waals surface area contributed by atoms with E-state index < -0.39 is 12.1 Å². The maximum Gasteiger partial charge on any atom is 0.242 e. The number of nitrogens with one attached hydrogen (secondary N) is 2. The summed E-state index contributed by atoms with van der Waals surface area (Å²) in [4.78, 5) is 24.6. The van der Waals surface area contributed by atoms with Crippen molar-refractivity contribution in [2.75, 3.05) is 13.7 Å². The third-order valence-corrected chi connectivity index (χ3v) is 6.10. The van der Waals surface area contributed by atoms with Crippen LogP contribution in [0.1, 0.15) is 45.1 Å². The average molecular weight is 405 g/mol. The molecule has 29 heavy (non-hydrogen) atoms. The number of rotatable bonds is 3. The van der Waals surface area contributed by atoms with Crippen molar-refractivity contribution in [3.8, 4) is 11.5 Å². The molecule has 0 radical (unpaired) electrons. The molecule has 2 aliphatic heterocycles. The number of carbonyl (C=O) groups excluding carboxylic acids is 2. The van der Waals surface area contributed by atoms with Crippen molar-refractivity contribution >= 4 is 11.8 Å². The third kappa shape index (κ3) is 5.41. The van der Waals surface area contributed by atoms with E-state index in [-0.39, 0.29) is 24.5 Å². The van der Waals surface area contributed by atoms with Crippen molar-refractivity contribution in [2.45, 2.75) is 64.1 Å². The molecule has 1 saturated carbocycles. The topological polar surface area (TPSA) is 96.9 Å². The molecular formula is C22H32N2O5. The van der Waals surface area contributed by atoms with Gasteiger partial charge in [-0.25, -0.2) is 0 Å². The Kier molecular flexibility index (Phi) is 7.00. The molecule has 5 unspecified atom stereocenters. The number of methoxy groups -OCH3 is 1. The van der Waals surface area contributed by atoms with Gasteiger partial charge in [-0.05, 0) is 61.6 Å². The van der Waals surface area contributed by atoms with Crippen LogP contribution in [0, 0.1) is 11.8 Å². The average Bonchev–Trinajstić information content (AvgIpc) is 2.68. The van der Waals surface area contributed by atoms with Crippen molar-refractivity contribution < 1.29 is 24.2 Å². The number of amides is 2. The quantitative estimate of drug-likeness (QED) is 0.714. The smallest absolute Gasteiger partial charge is 0.242 e. The molecule has 1 aromatic carbocycles. The van der Waals surface area contributed by atoms with Crippen molar-refractivity contribution in [1.29, 1.82) is 0 Å². The molecule has 160 valence electrons. The van der Waals surface area contributed by atoms with E-state index in [9.17, 15) is 14.7 Å². The Labute approximate surface area is 172 Å². The van der Waals surface area contributed by atoms with Gasteiger partial charge in [0.1, 0.15) is 6.04 Å². The van der Waals surface area contributed by atoms with E-state index in [0.29, 0.717) is 36.2 Å². The van der Waals surface area contributed by atoms with Crippen LogP contribution < -0.4 is 20.1 Å². The minimum Gasteiger partial charge on any atom is -0.493 e. The van der Waals surface area contributed by atoms with Crippen LogP contribution in [-0.2, 0) is 16.0 Å². The van der Waals surface area contributed by atoms with E-state index >= 15 is 0 Å². The molecule has 1 fully saturated rings. The zero-order chi connectivity index (χ0) is 21.0. The van der Waals surface area contributed by atoms with Crippen LogP contribution in [0.4, 0.5) is 0 Å². The predicted molar refractivity (Wildman–Crippen MR) is 109 cm³/mol. The molecule has 3 N–H and O–H groups in total. The van der Waals surface area contributed by atoms with Crippen LogP contribution in [0.25, 0.3) is 0 Å². The number of benzene rings is 1. The number of ether oxygens (including phenoxy) is 2. The lowest BCUT2D eigenvalue weighted by molar-refractivity contribution is -0.129. The number of hydrogen-bond donors (Lipinski definition) is 3. The lowest BCUT2D eigenvalue weighted by Crippen LogP contribution is -2.52. The molecule has 2 amide bonds. The summed E-state index contributed by atoms with van der Waals surface area (Å²) in [5, 5.41) is 15.5. The molecule has 7 heteroatoms. The van der Waals surface area contributed by atoms with E-state index in [0.717, 1.165) is 24.8 Å². The van der Waals surface area contributed by atoms with Crippen molar-refractivity contribution in [2.24, 2.45) is 11.8 Å². The Balaban J connectivity index is 1.93. The molecule has 1 aliphatic carbocycles. The standard InChI is InChI=1S/C22H32N2O5/c1-13-8-18-6-5-16(13)11-19(23-14(2)26)22(27)24-17(12-25)9-15-4-7-20(28-3)21(10-15)29-18/h4,7,10,13,16-19,25H,5-6,8-9,11-12H2,1-3H3,(H,23,26)(H,24,27). The van der Waals surface area contributed by atoms with E-state index in [1.165, 1.54) is 6.92 Å². The molecule has 1 aromatic rings. The Morgan fingerprint density at radius 2 is 2.14 bits per heavy atom. The molecule has 4 bridgehead atoms. The highest BCUT2D eigenvalue weighted by atomic mass is 16.5. The summed E-state index contributed by atoms with van der Waals surface area (Å²) >= 11 is 0. The fourth-order valence-corrected chi connectivity index (χ4v) is 4.51. The molecular weight excluding hydrogens is 372 g/mol. The first kappa shape index (κ1) is 21.4. The number of fused-ring (bicyclic) bond motifs is 7. The van der Waals surface area contributed by atoms with Gasteiger partial charge in [0.2, 0.25) is 11.8 Å². The fourth-order valence-electron chi connectivity index (χ4n) is 4.51. The Morgan fingerprint density at radius 1 is 1.34 bits per heavy atom. The number of aliphatic hydroxyl groups excluding tert-OH is 1. The minimum absolute atomic E-state index is 0.0926. The van der Waals surface area contributed by atoms with E-state index in [4.69, 9.17) is 9.47 Å². The van der Waals surface area contributed by atoms with Crippen LogP contribution in [-0.4, -0.2) is 48.8 Å². The number of aliphatic hydroxyl groups is 1. The van der Waals surface area contributed by atoms with Crippen LogP contribution in [0.2, 0.25) is 0 Å². The first-order valence-corrected chi connectivity index (χ1v) is 10.4. The second-order valence-electron chi connectivity index (χ2n) is 8.36. The number of hydrogen-bond acceptors (Lipinski definition) is 5. The van der Waals surface area contributed by atoms with Crippen molar-refractivity contribution in [3.63, 3.8) is 0 Å². The first-order valence-electron chi connectivity index (χ1n) is 10.4. The van der Waals surface area contributed by atoms with Gasteiger partial charge in [0.05, 0.1) is 25.9 Å². The second kappa shape index (κ2) is 9.48. The summed E-state index contributed by atoms with van der Waals surface area (Å²) < 4.78 is 11.8. The van der Waals surface area contributed by atoms with Crippen LogP contribution in [0.15, 0.2) is 18.2 Å². The zero-order valence-corrected chi connectivity index (χ0v) is 17.4. The van der Waals surface area contributed by atoms with Crippen molar-refractivity contribution in [3.05, 3.63) is 23.8 Å². The Bertz CT molecular complexity index is 738. The molecule has 7 nitrogen and oxygen atoms in total. The van der Waals surface area contributed by atoms with Gasteiger partial charge >= 0.3 is 0 Å². The van der Waals surface area contributed by atoms with E-state index in [1.54, 1.807) is 7.11 Å². The highest BCUT2D eigenvalue weighted by Crippen LogP contribution is 2.37. The lowest BCUT2D eigenvalue weighted by atomic mass is 9.75. The normalized spacial score (nSPS) is 29.9. The lowest BCUT2D eigenvalue weighted by Gasteiger charge is -2.36. The van der Waals surface area contributed by atoms with Crippen molar-refractivity contribution in [1.82, 2.24) is 10.6 Å². The molecule has 0 aromatic heterocycles. The first-order chi connectivity index (χ1) is 13.9. The summed E-state index contributed by atoms with van der Waals surface area (Å²) in [6.07, 6.45) is 3.86.